The van der Waals surface area contributed by atoms with Crippen molar-refractivity contribution < 1.29 is 0 Å². The maximum Gasteiger partial charge on any atom is 0.183 e. The molecule has 0 amide bonds. The molecule has 0 spiro atoms. The number of aryl methyl sites for hydroxylation is 2. The standard InChI is InChI=1S/C22H24N6S/c1-14-21(29-22(25-14)23-12-18-13-24-27(3)15(18)2)20-8-9-28(26-20)19-10-16-6-4-5-7-17(16)11-19/h4-9,13,19H,10-12H2,1-3H3,(H,23,25). The molecule has 29 heavy (non-hydrogen) atoms. The van der Waals surface area contributed by atoms with Gasteiger partial charge in [0.25, 0.3) is 0 Å². The van der Waals surface area contributed by atoms with E-state index in [0.29, 0.717) is 6.04 Å². The Hall–Kier alpha value is -2.93. The van der Waals surface area contributed by atoms with Crippen LogP contribution in [-0.4, -0.2) is 24.5 Å². The monoisotopic (exact) mass is 404 g/mol. The number of aromatic nitrogens is 5. The lowest BCUT2D eigenvalue weighted by molar-refractivity contribution is 0.476. The number of benzene rings is 1. The van der Waals surface area contributed by atoms with E-state index in [-0.39, 0.29) is 0 Å². The van der Waals surface area contributed by atoms with Crippen LogP contribution in [0.15, 0.2) is 42.7 Å². The molecule has 0 aliphatic heterocycles. The Balaban J connectivity index is 1.31. The summed E-state index contributed by atoms with van der Waals surface area (Å²) in [6.45, 7) is 4.86. The van der Waals surface area contributed by atoms with Crippen molar-refractivity contribution in [2.45, 2.75) is 39.3 Å². The quantitative estimate of drug-likeness (QED) is 0.538. The number of anilines is 1. The molecule has 4 aromatic rings. The van der Waals surface area contributed by atoms with Gasteiger partial charge in [0.15, 0.2) is 5.13 Å². The molecule has 6 nitrogen and oxygen atoms in total. The fourth-order valence-electron chi connectivity index (χ4n) is 3.98. The van der Waals surface area contributed by atoms with Gasteiger partial charge in [-0.3, -0.25) is 9.36 Å². The normalized spacial score (nSPS) is 13.8. The molecule has 1 aliphatic carbocycles. The number of nitrogens with one attached hydrogen (secondary N) is 1. The largest absolute Gasteiger partial charge is 0.357 e. The van der Waals surface area contributed by atoms with Crippen molar-refractivity contribution >= 4 is 16.5 Å². The molecule has 3 aromatic heterocycles. The second kappa shape index (κ2) is 7.15. The molecule has 1 N–H and O–H groups in total. The molecule has 148 valence electrons. The maximum absolute atomic E-state index is 4.90. The van der Waals surface area contributed by atoms with E-state index in [4.69, 9.17) is 10.1 Å². The van der Waals surface area contributed by atoms with E-state index in [0.717, 1.165) is 40.8 Å². The minimum Gasteiger partial charge on any atom is -0.357 e. The van der Waals surface area contributed by atoms with E-state index in [2.05, 4.69) is 65.5 Å². The van der Waals surface area contributed by atoms with Gasteiger partial charge >= 0.3 is 0 Å². The molecule has 0 saturated carbocycles. The minimum atomic E-state index is 0.403. The van der Waals surface area contributed by atoms with Crippen molar-refractivity contribution in [1.82, 2.24) is 24.5 Å². The zero-order valence-corrected chi connectivity index (χ0v) is 17.7. The van der Waals surface area contributed by atoms with Gasteiger partial charge in [0, 0.05) is 31.0 Å². The summed E-state index contributed by atoms with van der Waals surface area (Å²) in [6.07, 6.45) is 6.12. The number of hydrogen-bond donors (Lipinski definition) is 1. The van der Waals surface area contributed by atoms with E-state index in [9.17, 15) is 0 Å². The summed E-state index contributed by atoms with van der Waals surface area (Å²) in [6, 6.07) is 11.2. The van der Waals surface area contributed by atoms with Gasteiger partial charge in [0.05, 0.1) is 22.8 Å². The Morgan fingerprint density at radius 3 is 2.59 bits per heavy atom. The van der Waals surface area contributed by atoms with Gasteiger partial charge in [-0.2, -0.15) is 10.2 Å². The summed E-state index contributed by atoms with van der Waals surface area (Å²) in [5.41, 5.74) is 7.26. The number of fused-ring (bicyclic) bond motifs is 1. The van der Waals surface area contributed by atoms with Crippen LogP contribution in [0.3, 0.4) is 0 Å². The van der Waals surface area contributed by atoms with Gasteiger partial charge in [0.2, 0.25) is 0 Å². The van der Waals surface area contributed by atoms with Crippen molar-refractivity contribution in [3.8, 4) is 10.6 Å². The Bertz CT molecular complexity index is 1140. The van der Waals surface area contributed by atoms with Crippen LogP contribution in [0, 0.1) is 13.8 Å². The van der Waals surface area contributed by atoms with Crippen LogP contribution in [0.5, 0.6) is 0 Å². The van der Waals surface area contributed by atoms with E-state index >= 15 is 0 Å². The highest BCUT2D eigenvalue weighted by atomic mass is 32.1. The van der Waals surface area contributed by atoms with Crippen molar-refractivity contribution in [1.29, 1.82) is 0 Å². The maximum atomic E-state index is 4.90. The SMILES string of the molecule is Cc1nc(NCc2cnn(C)c2C)sc1-c1ccn(C2Cc3ccccc3C2)n1. The lowest BCUT2D eigenvalue weighted by Crippen LogP contribution is -2.09. The Morgan fingerprint density at radius 2 is 1.90 bits per heavy atom. The van der Waals surface area contributed by atoms with E-state index in [1.807, 2.05) is 17.9 Å². The fourth-order valence-corrected chi connectivity index (χ4v) is 4.91. The molecular weight excluding hydrogens is 380 g/mol. The third kappa shape index (κ3) is 3.35. The van der Waals surface area contributed by atoms with Gasteiger partial charge in [-0.1, -0.05) is 35.6 Å². The topological polar surface area (TPSA) is 60.6 Å². The fraction of sp³-hybridized carbons (Fsp3) is 0.318. The first-order valence-corrected chi connectivity index (χ1v) is 10.7. The summed E-state index contributed by atoms with van der Waals surface area (Å²) in [7, 11) is 1.96. The Kier molecular flexibility index (Phi) is 4.47. The zero-order valence-electron chi connectivity index (χ0n) is 16.9. The smallest absolute Gasteiger partial charge is 0.183 e. The number of thiazole rings is 1. The number of rotatable bonds is 5. The molecule has 0 radical (unpaired) electrons. The van der Waals surface area contributed by atoms with Crippen molar-refractivity contribution in [2.75, 3.05) is 5.32 Å². The van der Waals surface area contributed by atoms with Crippen LogP contribution in [-0.2, 0) is 26.4 Å². The van der Waals surface area contributed by atoms with Gasteiger partial charge in [-0.15, -0.1) is 0 Å². The predicted octanol–water partition coefficient (Wildman–Crippen LogP) is 4.31. The first-order valence-electron chi connectivity index (χ1n) is 9.89. The second-order valence-corrected chi connectivity index (χ2v) is 8.68. The summed E-state index contributed by atoms with van der Waals surface area (Å²) in [5.74, 6) is 0. The van der Waals surface area contributed by atoms with Crippen LogP contribution < -0.4 is 5.32 Å². The first kappa shape index (κ1) is 18.1. The molecular formula is C22H24N6S. The van der Waals surface area contributed by atoms with Gasteiger partial charge < -0.3 is 5.32 Å². The third-order valence-corrected chi connectivity index (χ3v) is 6.95. The van der Waals surface area contributed by atoms with Gasteiger partial charge in [0.1, 0.15) is 5.69 Å². The van der Waals surface area contributed by atoms with E-state index in [1.54, 1.807) is 11.3 Å². The summed E-state index contributed by atoms with van der Waals surface area (Å²) < 4.78 is 4.02. The van der Waals surface area contributed by atoms with Crippen LogP contribution in [0.2, 0.25) is 0 Å². The van der Waals surface area contributed by atoms with E-state index < -0.39 is 0 Å². The number of hydrogen-bond acceptors (Lipinski definition) is 5. The molecule has 0 saturated heterocycles. The summed E-state index contributed by atoms with van der Waals surface area (Å²) in [4.78, 5) is 5.84. The first-order chi connectivity index (χ1) is 14.1. The highest BCUT2D eigenvalue weighted by Gasteiger charge is 2.23. The van der Waals surface area contributed by atoms with Gasteiger partial charge in [-0.25, -0.2) is 4.98 Å². The molecule has 0 fully saturated rings. The molecule has 5 rings (SSSR count). The summed E-state index contributed by atoms with van der Waals surface area (Å²) >= 11 is 1.66. The van der Waals surface area contributed by atoms with Crippen LogP contribution >= 0.6 is 11.3 Å². The Labute approximate surface area is 174 Å². The van der Waals surface area contributed by atoms with Crippen molar-refractivity contribution in [3.63, 3.8) is 0 Å². The molecule has 1 aromatic carbocycles. The van der Waals surface area contributed by atoms with Crippen LogP contribution in [0.4, 0.5) is 5.13 Å². The van der Waals surface area contributed by atoms with Crippen molar-refractivity contribution in [3.05, 3.63) is 70.8 Å². The lowest BCUT2D eigenvalue weighted by atomic mass is 10.1. The Morgan fingerprint density at radius 1 is 1.14 bits per heavy atom. The molecule has 0 unspecified atom stereocenters. The lowest BCUT2D eigenvalue weighted by Gasteiger charge is -2.09. The van der Waals surface area contributed by atoms with Crippen LogP contribution in [0.25, 0.3) is 10.6 Å². The molecule has 0 bridgehead atoms. The third-order valence-electron chi connectivity index (χ3n) is 5.81. The highest BCUT2D eigenvalue weighted by molar-refractivity contribution is 7.19. The average molecular weight is 405 g/mol. The molecule has 0 atom stereocenters. The highest BCUT2D eigenvalue weighted by Crippen LogP contribution is 2.34. The predicted molar refractivity (Wildman–Crippen MR) is 116 cm³/mol. The second-order valence-electron chi connectivity index (χ2n) is 7.68. The molecule has 3 heterocycles. The molecule has 1 aliphatic rings. The van der Waals surface area contributed by atoms with E-state index in [1.165, 1.54) is 22.4 Å². The molecule has 7 heteroatoms. The average Bonchev–Trinajstić information content (AvgIpc) is 3.48. The van der Waals surface area contributed by atoms with Gasteiger partial charge in [-0.05, 0) is 43.9 Å². The summed E-state index contributed by atoms with van der Waals surface area (Å²) in [5, 5.41) is 13.6. The minimum absolute atomic E-state index is 0.403. The van der Waals surface area contributed by atoms with Crippen LogP contribution in [0.1, 0.15) is 34.1 Å². The van der Waals surface area contributed by atoms with Crippen molar-refractivity contribution in [2.24, 2.45) is 7.05 Å². The number of nitrogens with zero attached hydrogens (tertiary/aromatic N) is 5. The zero-order chi connectivity index (χ0) is 20.0.